The average Bonchev–Trinajstić information content (AvgIpc) is 2.43. The Kier molecular flexibility index (Phi) is 8.25. The minimum absolute atomic E-state index is 0. The van der Waals surface area contributed by atoms with Gasteiger partial charge in [-0.25, -0.2) is 13.2 Å². The van der Waals surface area contributed by atoms with Crippen molar-refractivity contribution in [2.24, 2.45) is 11.7 Å². The summed E-state index contributed by atoms with van der Waals surface area (Å²) in [4.78, 5) is 11.6. The van der Waals surface area contributed by atoms with Crippen molar-refractivity contribution in [2.45, 2.75) is 25.1 Å². The molecule has 0 spiro atoms. The van der Waals surface area contributed by atoms with Gasteiger partial charge in [0.25, 0.3) is 6.43 Å². The molecule has 3 unspecified atom stereocenters. The molecule has 0 radical (unpaired) electrons. The number of nitrogens with two attached hydrogens (primary N) is 1. The first-order valence-electron chi connectivity index (χ1n) is 5.77. The SMILES string of the molecule is COC(=O)C(Cc1ccccc1)C(N)C(F)C(F)F.Cl. The molecule has 1 aromatic rings. The van der Waals surface area contributed by atoms with Gasteiger partial charge in [-0.15, -0.1) is 12.4 Å². The van der Waals surface area contributed by atoms with E-state index in [2.05, 4.69) is 4.74 Å². The Morgan fingerprint density at radius 1 is 1.25 bits per heavy atom. The van der Waals surface area contributed by atoms with Crippen molar-refractivity contribution >= 4 is 18.4 Å². The van der Waals surface area contributed by atoms with Crippen molar-refractivity contribution in [3.8, 4) is 0 Å². The molecule has 0 aromatic heterocycles. The van der Waals surface area contributed by atoms with Gasteiger partial charge < -0.3 is 10.5 Å². The van der Waals surface area contributed by atoms with Crippen LogP contribution in [0, 0.1) is 5.92 Å². The highest BCUT2D eigenvalue weighted by Crippen LogP contribution is 2.20. The number of hydrogen-bond donors (Lipinski definition) is 1. The Labute approximate surface area is 121 Å². The van der Waals surface area contributed by atoms with Crippen molar-refractivity contribution in [2.75, 3.05) is 7.11 Å². The largest absolute Gasteiger partial charge is 0.469 e. The van der Waals surface area contributed by atoms with Gasteiger partial charge in [0.2, 0.25) is 0 Å². The molecule has 3 nitrogen and oxygen atoms in total. The molecule has 2 N–H and O–H groups in total. The number of rotatable bonds is 6. The molecule has 1 aromatic carbocycles. The molecule has 114 valence electrons. The predicted octanol–water partition coefficient (Wildman–Crippen LogP) is 2.37. The summed E-state index contributed by atoms with van der Waals surface area (Å²) >= 11 is 0. The number of methoxy groups -OCH3 is 1. The molecule has 0 heterocycles. The van der Waals surface area contributed by atoms with Crippen LogP contribution in [0.25, 0.3) is 0 Å². The second-order valence-corrected chi connectivity index (χ2v) is 4.18. The second-order valence-electron chi connectivity index (χ2n) is 4.18. The smallest absolute Gasteiger partial charge is 0.310 e. The van der Waals surface area contributed by atoms with Crippen LogP contribution >= 0.6 is 12.4 Å². The van der Waals surface area contributed by atoms with Gasteiger partial charge in [-0.1, -0.05) is 30.3 Å². The van der Waals surface area contributed by atoms with Crippen LogP contribution in [0.2, 0.25) is 0 Å². The van der Waals surface area contributed by atoms with E-state index in [0.29, 0.717) is 5.56 Å². The summed E-state index contributed by atoms with van der Waals surface area (Å²) in [6.45, 7) is 0. The van der Waals surface area contributed by atoms with Gasteiger partial charge in [0.15, 0.2) is 6.17 Å². The summed E-state index contributed by atoms with van der Waals surface area (Å²) < 4.78 is 42.5. The number of esters is 1. The standard InChI is InChI=1S/C13H16F3NO2.ClH/c1-19-13(18)9(11(17)10(14)12(15)16)7-8-5-3-2-4-6-8;/h2-6,9-12H,7,17H2,1H3;1H. The maximum atomic E-state index is 13.3. The molecule has 0 saturated carbocycles. The molecule has 0 aliphatic carbocycles. The highest BCUT2D eigenvalue weighted by atomic mass is 35.5. The molecule has 0 saturated heterocycles. The maximum absolute atomic E-state index is 13.3. The first-order chi connectivity index (χ1) is 8.97. The van der Waals surface area contributed by atoms with Crippen molar-refractivity contribution in [3.05, 3.63) is 35.9 Å². The summed E-state index contributed by atoms with van der Waals surface area (Å²) in [6, 6.07) is 7.04. The van der Waals surface area contributed by atoms with Gasteiger partial charge in [0.05, 0.1) is 19.1 Å². The molecule has 1 rings (SSSR count). The number of ether oxygens (including phenoxy) is 1. The minimum atomic E-state index is -3.22. The third-order valence-corrected chi connectivity index (χ3v) is 2.88. The lowest BCUT2D eigenvalue weighted by Crippen LogP contribution is -2.47. The van der Waals surface area contributed by atoms with E-state index in [1.807, 2.05) is 0 Å². The van der Waals surface area contributed by atoms with Gasteiger partial charge in [0, 0.05) is 0 Å². The summed E-state index contributed by atoms with van der Waals surface area (Å²) in [5.74, 6) is -1.93. The van der Waals surface area contributed by atoms with Gasteiger partial charge >= 0.3 is 5.97 Å². The summed E-state index contributed by atoms with van der Waals surface area (Å²) in [7, 11) is 1.11. The second kappa shape index (κ2) is 8.81. The number of alkyl halides is 3. The molecule has 7 heteroatoms. The van der Waals surface area contributed by atoms with Crippen LogP contribution in [0.4, 0.5) is 13.2 Å². The Bertz CT molecular complexity index is 406. The molecule has 0 amide bonds. The Balaban J connectivity index is 0.00000361. The molecule has 0 aliphatic rings. The highest BCUT2D eigenvalue weighted by Gasteiger charge is 2.37. The third kappa shape index (κ3) is 5.02. The van der Waals surface area contributed by atoms with Crippen molar-refractivity contribution < 1.29 is 22.7 Å². The number of hydrogen-bond acceptors (Lipinski definition) is 3. The quantitative estimate of drug-likeness (QED) is 0.821. The Morgan fingerprint density at radius 2 is 1.80 bits per heavy atom. The lowest BCUT2D eigenvalue weighted by molar-refractivity contribution is -0.147. The molecule has 3 atom stereocenters. The van der Waals surface area contributed by atoms with E-state index in [0.717, 1.165) is 7.11 Å². The number of carbonyl (C=O) groups is 1. The summed E-state index contributed by atoms with van der Waals surface area (Å²) in [6.07, 6.45) is -5.73. The van der Waals surface area contributed by atoms with Crippen LogP contribution in [0.5, 0.6) is 0 Å². The van der Waals surface area contributed by atoms with Crippen molar-refractivity contribution in [3.63, 3.8) is 0 Å². The first kappa shape index (κ1) is 18.7. The third-order valence-electron chi connectivity index (χ3n) is 2.88. The van der Waals surface area contributed by atoms with Crippen molar-refractivity contribution in [1.82, 2.24) is 0 Å². The van der Waals surface area contributed by atoms with Gasteiger partial charge in [-0.2, -0.15) is 0 Å². The van der Waals surface area contributed by atoms with Crippen LogP contribution in [-0.4, -0.2) is 31.7 Å². The lowest BCUT2D eigenvalue weighted by Gasteiger charge is -2.24. The Hall–Kier alpha value is -1.27. The zero-order valence-electron chi connectivity index (χ0n) is 10.8. The van der Waals surface area contributed by atoms with E-state index >= 15 is 0 Å². The molecular formula is C13H17ClF3NO2. The van der Waals surface area contributed by atoms with Gasteiger partial charge in [-0.3, -0.25) is 4.79 Å². The maximum Gasteiger partial charge on any atom is 0.310 e. The molecule has 0 bridgehead atoms. The van der Waals surface area contributed by atoms with E-state index in [-0.39, 0.29) is 18.8 Å². The topological polar surface area (TPSA) is 52.3 Å². The minimum Gasteiger partial charge on any atom is -0.469 e. The van der Waals surface area contributed by atoms with Crippen LogP contribution in [0.1, 0.15) is 5.56 Å². The van der Waals surface area contributed by atoms with Crippen LogP contribution in [-0.2, 0) is 16.0 Å². The van der Waals surface area contributed by atoms with E-state index in [1.54, 1.807) is 30.3 Å². The average molecular weight is 312 g/mol. The number of carbonyl (C=O) groups excluding carboxylic acids is 1. The summed E-state index contributed by atoms with van der Waals surface area (Å²) in [5.41, 5.74) is 6.13. The fraction of sp³-hybridized carbons (Fsp3) is 0.462. The van der Waals surface area contributed by atoms with Crippen LogP contribution < -0.4 is 5.73 Å². The zero-order valence-corrected chi connectivity index (χ0v) is 11.7. The van der Waals surface area contributed by atoms with Gasteiger partial charge in [0.1, 0.15) is 0 Å². The van der Waals surface area contributed by atoms with E-state index in [1.165, 1.54) is 0 Å². The molecule has 0 fully saturated rings. The Morgan fingerprint density at radius 3 is 2.25 bits per heavy atom. The normalized spacial score (nSPS) is 15.1. The first-order valence-corrected chi connectivity index (χ1v) is 5.77. The van der Waals surface area contributed by atoms with E-state index in [9.17, 15) is 18.0 Å². The predicted molar refractivity (Wildman–Crippen MR) is 71.8 cm³/mol. The number of benzene rings is 1. The fourth-order valence-electron chi connectivity index (χ4n) is 1.79. The van der Waals surface area contributed by atoms with E-state index < -0.39 is 30.5 Å². The van der Waals surface area contributed by atoms with Crippen molar-refractivity contribution in [1.29, 1.82) is 0 Å². The molecule has 0 aliphatic heterocycles. The fourth-order valence-corrected chi connectivity index (χ4v) is 1.79. The number of halogens is 4. The van der Waals surface area contributed by atoms with Crippen LogP contribution in [0.15, 0.2) is 30.3 Å². The van der Waals surface area contributed by atoms with E-state index in [4.69, 9.17) is 5.73 Å². The highest BCUT2D eigenvalue weighted by molar-refractivity contribution is 5.85. The monoisotopic (exact) mass is 311 g/mol. The van der Waals surface area contributed by atoms with Crippen LogP contribution in [0.3, 0.4) is 0 Å². The summed E-state index contributed by atoms with van der Waals surface area (Å²) in [5, 5.41) is 0. The van der Waals surface area contributed by atoms with Gasteiger partial charge in [-0.05, 0) is 12.0 Å². The molecular weight excluding hydrogens is 295 g/mol. The molecule has 20 heavy (non-hydrogen) atoms. The zero-order chi connectivity index (χ0) is 14.4. The lowest BCUT2D eigenvalue weighted by atomic mass is 9.90.